The SMILES string of the molecule is Cc1ncsc1CN1Cc2cccn2C[C@@H](Oc2cccnc2)C1. The smallest absolute Gasteiger partial charge is 0.138 e. The molecule has 4 rings (SSSR count). The van der Waals surface area contributed by atoms with Crippen molar-refractivity contribution in [2.75, 3.05) is 6.54 Å². The third kappa shape index (κ3) is 3.34. The molecule has 0 amide bonds. The van der Waals surface area contributed by atoms with Gasteiger partial charge in [-0.15, -0.1) is 11.3 Å². The van der Waals surface area contributed by atoms with Crippen LogP contribution in [0.15, 0.2) is 48.4 Å². The topological polar surface area (TPSA) is 43.2 Å². The minimum atomic E-state index is 0.0936. The number of nitrogens with zero attached hydrogens (tertiary/aromatic N) is 4. The standard InChI is InChI=1S/C18H20N4OS/c1-14-18(24-13-20-14)12-21-9-15-4-3-7-22(15)11-17(10-21)23-16-5-2-6-19-8-16/h2-8,13,17H,9-12H2,1H3/t17-/m0/s1. The van der Waals surface area contributed by atoms with E-state index in [2.05, 4.69) is 44.7 Å². The first-order valence-corrected chi connectivity index (χ1v) is 8.98. The summed E-state index contributed by atoms with van der Waals surface area (Å²) in [6.07, 6.45) is 5.77. The quantitative estimate of drug-likeness (QED) is 0.732. The molecule has 0 N–H and O–H groups in total. The van der Waals surface area contributed by atoms with Crippen LogP contribution >= 0.6 is 11.3 Å². The van der Waals surface area contributed by atoms with E-state index in [0.717, 1.165) is 37.6 Å². The average Bonchev–Trinajstić information content (AvgIpc) is 3.14. The molecule has 0 bridgehead atoms. The zero-order chi connectivity index (χ0) is 16.4. The number of aromatic nitrogens is 3. The summed E-state index contributed by atoms with van der Waals surface area (Å²) in [7, 11) is 0. The van der Waals surface area contributed by atoms with Gasteiger partial charge in [0.1, 0.15) is 11.9 Å². The van der Waals surface area contributed by atoms with Crippen molar-refractivity contribution < 1.29 is 4.74 Å². The summed E-state index contributed by atoms with van der Waals surface area (Å²) in [6, 6.07) is 8.18. The van der Waals surface area contributed by atoms with Crippen LogP contribution in [0.3, 0.4) is 0 Å². The number of hydrogen-bond acceptors (Lipinski definition) is 5. The van der Waals surface area contributed by atoms with Crippen molar-refractivity contribution in [1.29, 1.82) is 0 Å². The fourth-order valence-electron chi connectivity index (χ4n) is 3.12. The first kappa shape index (κ1) is 15.4. The summed E-state index contributed by atoms with van der Waals surface area (Å²) in [5, 5.41) is 0. The largest absolute Gasteiger partial charge is 0.486 e. The first-order chi connectivity index (χ1) is 11.8. The molecular weight excluding hydrogens is 320 g/mol. The second kappa shape index (κ2) is 6.75. The lowest BCUT2D eigenvalue weighted by atomic mass is 10.3. The van der Waals surface area contributed by atoms with Gasteiger partial charge in [0.05, 0.1) is 23.9 Å². The number of aryl methyl sites for hydroxylation is 1. The molecule has 0 spiro atoms. The Kier molecular flexibility index (Phi) is 4.32. The molecule has 3 aromatic heterocycles. The minimum absolute atomic E-state index is 0.0936. The molecule has 0 saturated heterocycles. The molecule has 0 saturated carbocycles. The Morgan fingerprint density at radius 3 is 3.04 bits per heavy atom. The number of thiazole rings is 1. The highest BCUT2D eigenvalue weighted by Crippen LogP contribution is 2.22. The van der Waals surface area contributed by atoms with E-state index in [4.69, 9.17) is 4.74 Å². The van der Waals surface area contributed by atoms with Crippen molar-refractivity contribution >= 4 is 11.3 Å². The molecule has 124 valence electrons. The molecule has 1 atom stereocenters. The van der Waals surface area contributed by atoms with Crippen molar-refractivity contribution in [3.05, 3.63) is 64.6 Å². The second-order valence-corrected chi connectivity index (χ2v) is 7.05. The lowest BCUT2D eigenvalue weighted by Gasteiger charge is -2.24. The van der Waals surface area contributed by atoms with E-state index in [9.17, 15) is 0 Å². The minimum Gasteiger partial charge on any atom is -0.486 e. The van der Waals surface area contributed by atoms with Gasteiger partial charge in [0.2, 0.25) is 0 Å². The van der Waals surface area contributed by atoms with Crippen LogP contribution in [0, 0.1) is 6.92 Å². The van der Waals surface area contributed by atoms with E-state index >= 15 is 0 Å². The maximum absolute atomic E-state index is 6.20. The van der Waals surface area contributed by atoms with E-state index in [0.29, 0.717) is 0 Å². The van der Waals surface area contributed by atoms with Gasteiger partial charge in [0.25, 0.3) is 0 Å². The van der Waals surface area contributed by atoms with Gasteiger partial charge < -0.3 is 9.30 Å². The highest BCUT2D eigenvalue weighted by molar-refractivity contribution is 7.09. The predicted molar refractivity (Wildman–Crippen MR) is 94.1 cm³/mol. The summed E-state index contributed by atoms with van der Waals surface area (Å²) in [5.74, 6) is 0.826. The van der Waals surface area contributed by atoms with Crippen molar-refractivity contribution in [2.24, 2.45) is 0 Å². The molecule has 0 radical (unpaired) electrons. The number of ether oxygens (including phenoxy) is 1. The Balaban J connectivity index is 1.55. The van der Waals surface area contributed by atoms with Crippen LogP contribution in [0.1, 0.15) is 16.3 Å². The summed E-state index contributed by atoms with van der Waals surface area (Å²) in [6.45, 7) is 5.66. The molecular formula is C18H20N4OS. The van der Waals surface area contributed by atoms with Gasteiger partial charge in [-0.3, -0.25) is 9.88 Å². The molecule has 6 heteroatoms. The monoisotopic (exact) mass is 340 g/mol. The van der Waals surface area contributed by atoms with Crippen molar-refractivity contribution in [1.82, 2.24) is 19.4 Å². The zero-order valence-electron chi connectivity index (χ0n) is 13.6. The predicted octanol–water partition coefficient (Wildman–Crippen LogP) is 3.11. The Morgan fingerprint density at radius 2 is 2.25 bits per heavy atom. The van der Waals surface area contributed by atoms with Crippen LogP contribution in [0.25, 0.3) is 0 Å². The summed E-state index contributed by atoms with van der Waals surface area (Å²) in [5.41, 5.74) is 4.38. The van der Waals surface area contributed by atoms with Crippen LogP contribution in [-0.4, -0.2) is 32.1 Å². The molecule has 1 aliphatic heterocycles. The van der Waals surface area contributed by atoms with Crippen LogP contribution in [0.5, 0.6) is 5.75 Å². The van der Waals surface area contributed by atoms with Crippen molar-refractivity contribution in [2.45, 2.75) is 32.7 Å². The average molecular weight is 340 g/mol. The molecule has 24 heavy (non-hydrogen) atoms. The Bertz CT molecular complexity index is 798. The highest BCUT2D eigenvalue weighted by Gasteiger charge is 2.23. The van der Waals surface area contributed by atoms with Crippen molar-refractivity contribution in [3.8, 4) is 5.75 Å². The van der Waals surface area contributed by atoms with Crippen LogP contribution in [-0.2, 0) is 19.6 Å². The van der Waals surface area contributed by atoms with E-state index in [-0.39, 0.29) is 6.10 Å². The number of hydrogen-bond donors (Lipinski definition) is 0. The second-order valence-electron chi connectivity index (χ2n) is 6.11. The van der Waals surface area contributed by atoms with E-state index in [1.54, 1.807) is 23.7 Å². The van der Waals surface area contributed by atoms with Gasteiger partial charge in [0, 0.05) is 42.6 Å². The molecule has 3 aromatic rings. The van der Waals surface area contributed by atoms with Crippen LogP contribution < -0.4 is 4.74 Å². The third-order valence-corrected chi connectivity index (χ3v) is 5.24. The third-order valence-electron chi connectivity index (χ3n) is 4.32. The number of rotatable bonds is 4. The Morgan fingerprint density at radius 1 is 1.29 bits per heavy atom. The van der Waals surface area contributed by atoms with Gasteiger partial charge in [-0.1, -0.05) is 0 Å². The van der Waals surface area contributed by atoms with Crippen molar-refractivity contribution in [3.63, 3.8) is 0 Å². The fraction of sp³-hybridized carbons (Fsp3) is 0.333. The Labute approximate surface area is 145 Å². The maximum atomic E-state index is 6.20. The molecule has 0 aliphatic carbocycles. The number of pyridine rings is 1. The van der Waals surface area contributed by atoms with E-state index in [1.165, 1.54) is 10.6 Å². The Hall–Kier alpha value is -2.18. The zero-order valence-corrected chi connectivity index (χ0v) is 14.4. The van der Waals surface area contributed by atoms with Gasteiger partial charge in [-0.2, -0.15) is 0 Å². The summed E-state index contributed by atoms with van der Waals surface area (Å²) in [4.78, 5) is 12.3. The lowest BCUT2D eigenvalue weighted by Crippen LogP contribution is -2.34. The van der Waals surface area contributed by atoms with E-state index in [1.807, 2.05) is 17.6 Å². The fourth-order valence-corrected chi connectivity index (χ4v) is 3.93. The van der Waals surface area contributed by atoms with Gasteiger partial charge in [-0.25, -0.2) is 4.98 Å². The van der Waals surface area contributed by atoms with Gasteiger partial charge >= 0.3 is 0 Å². The molecule has 5 nitrogen and oxygen atoms in total. The molecule has 0 aromatic carbocycles. The summed E-state index contributed by atoms with van der Waals surface area (Å²) < 4.78 is 8.50. The van der Waals surface area contributed by atoms with E-state index < -0.39 is 0 Å². The van der Waals surface area contributed by atoms with Crippen LogP contribution in [0.4, 0.5) is 0 Å². The molecule has 4 heterocycles. The molecule has 0 fully saturated rings. The number of fused-ring (bicyclic) bond motifs is 1. The van der Waals surface area contributed by atoms with Gasteiger partial charge in [0.15, 0.2) is 0 Å². The molecule has 1 aliphatic rings. The highest BCUT2D eigenvalue weighted by atomic mass is 32.1. The summed E-state index contributed by atoms with van der Waals surface area (Å²) >= 11 is 1.73. The molecule has 0 unspecified atom stereocenters. The van der Waals surface area contributed by atoms with Gasteiger partial charge in [-0.05, 0) is 31.2 Å². The first-order valence-electron chi connectivity index (χ1n) is 8.10. The lowest BCUT2D eigenvalue weighted by molar-refractivity contribution is 0.124. The normalized spacial score (nSPS) is 18.1. The maximum Gasteiger partial charge on any atom is 0.138 e. The van der Waals surface area contributed by atoms with Crippen LogP contribution in [0.2, 0.25) is 0 Å².